The van der Waals surface area contributed by atoms with Crippen LogP contribution >= 0.6 is 11.6 Å². The first-order valence-corrected chi connectivity index (χ1v) is 13.7. The number of aliphatic carboxylic acids is 1. The number of carbonyl (C=O) groups excluding carboxylic acids is 2. The summed E-state index contributed by atoms with van der Waals surface area (Å²) in [4.78, 5) is 42.5. The van der Waals surface area contributed by atoms with Crippen molar-refractivity contribution >= 4 is 29.5 Å². The number of halogens is 2. The van der Waals surface area contributed by atoms with Crippen LogP contribution in [0.3, 0.4) is 0 Å². The highest BCUT2D eigenvalue weighted by Gasteiger charge is 2.85. The molecule has 6 aliphatic rings. The molecule has 1 heterocycles. The van der Waals surface area contributed by atoms with Gasteiger partial charge in [0.1, 0.15) is 10.7 Å². The molecule has 38 heavy (non-hydrogen) atoms. The quantitative estimate of drug-likeness (QED) is 0.283. The van der Waals surface area contributed by atoms with Crippen LogP contribution in [0.25, 0.3) is 0 Å². The first-order valence-electron chi connectivity index (χ1n) is 13.3. The molecule has 1 aromatic rings. The Morgan fingerprint density at radius 2 is 1.71 bits per heavy atom. The summed E-state index contributed by atoms with van der Waals surface area (Å²) in [7, 11) is 0. The zero-order valence-electron chi connectivity index (χ0n) is 21.1. The van der Waals surface area contributed by atoms with Crippen molar-refractivity contribution in [2.75, 3.05) is 0 Å². The molecule has 0 aromatic carbocycles. The highest BCUT2D eigenvalue weighted by atomic mass is 35.5. The van der Waals surface area contributed by atoms with E-state index in [9.17, 15) is 19.5 Å². The SMILES string of the molecule is C[C@@H](OC(=O)C12CC3CC(CC(C3)C1)C2)OC(=O)[C@@]1(N)[C@H]2[C@@H](C[C@H]1OCc1cccc(Cl)n1)[C@]2(F)C(=O)O. The van der Waals surface area contributed by atoms with Gasteiger partial charge < -0.3 is 25.1 Å². The largest absolute Gasteiger partial charge is 0.479 e. The average molecular weight is 551 g/mol. The Morgan fingerprint density at radius 3 is 2.29 bits per heavy atom. The molecule has 11 heteroatoms. The number of carboxylic acids is 1. The molecule has 3 N–H and O–H groups in total. The third kappa shape index (κ3) is 3.93. The number of rotatable bonds is 8. The second kappa shape index (κ2) is 8.86. The van der Waals surface area contributed by atoms with Crippen LogP contribution < -0.4 is 5.73 Å². The van der Waals surface area contributed by atoms with Gasteiger partial charge in [0.05, 0.1) is 23.8 Å². The van der Waals surface area contributed by atoms with Crippen molar-refractivity contribution in [1.82, 2.24) is 4.98 Å². The Bertz CT molecular complexity index is 1150. The molecule has 7 rings (SSSR count). The second-order valence-electron chi connectivity index (χ2n) is 12.2. The van der Waals surface area contributed by atoms with Gasteiger partial charge in [-0.15, -0.1) is 0 Å². The zero-order valence-corrected chi connectivity index (χ0v) is 21.9. The minimum Gasteiger partial charge on any atom is -0.479 e. The summed E-state index contributed by atoms with van der Waals surface area (Å²) in [6.45, 7) is 1.35. The third-order valence-electron chi connectivity index (χ3n) is 9.70. The van der Waals surface area contributed by atoms with Crippen molar-refractivity contribution in [2.45, 2.75) is 82.1 Å². The number of carboxylic acid groups (broad SMARTS) is 1. The summed E-state index contributed by atoms with van der Waals surface area (Å²) in [5, 5.41) is 9.74. The normalized spacial score (nSPS) is 42.8. The minimum absolute atomic E-state index is 0.0696. The summed E-state index contributed by atoms with van der Waals surface area (Å²) < 4.78 is 32.2. The molecule has 0 spiro atoms. The van der Waals surface area contributed by atoms with Gasteiger partial charge in [-0.3, -0.25) is 4.79 Å². The van der Waals surface area contributed by atoms with Crippen LogP contribution in [0.1, 0.15) is 57.6 Å². The zero-order chi connectivity index (χ0) is 27.0. The lowest BCUT2D eigenvalue weighted by atomic mass is 9.49. The molecule has 6 fully saturated rings. The van der Waals surface area contributed by atoms with E-state index in [0.29, 0.717) is 23.4 Å². The molecule has 0 saturated heterocycles. The maximum absolute atomic E-state index is 15.3. The number of alkyl halides is 1. The van der Waals surface area contributed by atoms with Crippen LogP contribution in [0.5, 0.6) is 0 Å². The lowest BCUT2D eigenvalue weighted by Crippen LogP contribution is -2.61. The number of esters is 2. The van der Waals surface area contributed by atoms with Gasteiger partial charge in [-0.2, -0.15) is 0 Å². The second-order valence-corrected chi connectivity index (χ2v) is 12.5. The van der Waals surface area contributed by atoms with Crippen LogP contribution in [0.15, 0.2) is 18.2 Å². The highest BCUT2D eigenvalue weighted by Crippen LogP contribution is 2.67. The fourth-order valence-corrected chi connectivity index (χ4v) is 8.61. The summed E-state index contributed by atoms with van der Waals surface area (Å²) in [5.41, 5.74) is 1.66. The van der Waals surface area contributed by atoms with Gasteiger partial charge in [-0.1, -0.05) is 17.7 Å². The van der Waals surface area contributed by atoms with Gasteiger partial charge in [-0.05, 0) is 74.8 Å². The van der Waals surface area contributed by atoms with Gasteiger partial charge in [-0.25, -0.2) is 19.0 Å². The molecule has 0 radical (unpaired) electrons. The molecule has 6 saturated carbocycles. The van der Waals surface area contributed by atoms with Crippen molar-refractivity contribution in [3.63, 3.8) is 0 Å². The smallest absolute Gasteiger partial charge is 0.342 e. The Morgan fingerprint density at radius 1 is 1.11 bits per heavy atom. The number of carbonyl (C=O) groups is 3. The van der Waals surface area contributed by atoms with Crippen molar-refractivity contribution in [1.29, 1.82) is 0 Å². The van der Waals surface area contributed by atoms with E-state index in [4.69, 9.17) is 31.5 Å². The lowest BCUT2D eigenvalue weighted by molar-refractivity contribution is -0.207. The van der Waals surface area contributed by atoms with Crippen LogP contribution in [0.4, 0.5) is 4.39 Å². The average Bonchev–Trinajstić information content (AvgIpc) is 3.32. The number of nitrogens with zero attached hydrogens (tertiary/aromatic N) is 1. The van der Waals surface area contributed by atoms with Crippen molar-refractivity contribution < 1.29 is 38.1 Å². The summed E-state index contributed by atoms with van der Waals surface area (Å²) in [6.07, 6.45) is 3.48. The molecule has 9 nitrogen and oxygen atoms in total. The van der Waals surface area contributed by atoms with Gasteiger partial charge in [0, 0.05) is 18.8 Å². The van der Waals surface area contributed by atoms with E-state index in [1.165, 1.54) is 6.92 Å². The maximum Gasteiger partial charge on any atom is 0.342 e. The fourth-order valence-electron chi connectivity index (χ4n) is 8.42. The maximum atomic E-state index is 15.3. The molecule has 4 bridgehead atoms. The van der Waals surface area contributed by atoms with Crippen LogP contribution in [0.2, 0.25) is 5.15 Å². The number of hydrogen-bond acceptors (Lipinski definition) is 8. The van der Waals surface area contributed by atoms with E-state index in [-0.39, 0.29) is 24.2 Å². The molecular formula is C27H32ClFN2O7. The number of fused-ring (bicyclic) bond motifs is 1. The van der Waals surface area contributed by atoms with E-state index >= 15 is 4.39 Å². The minimum atomic E-state index is -2.65. The summed E-state index contributed by atoms with van der Waals surface area (Å²) in [6, 6.07) is 4.94. The Kier molecular flexibility index (Phi) is 6.05. The Hall–Kier alpha value is -2.30. The molecule has 0 aliphatic heterocycles. The van der Waals surface area contributed by atoms with Gasteiger partial charge in [0.2, 0.25) is 12.0 Å². The van der Waals surface area contributed by atoms with E-state index in [2.05, 4.69) is 4.98 Å². The van der Waals surface area contributed by atoms with Crippen LogP contribution in [-0.4, -0.2) is 51.6 Å². The van der Waals surface area contributed by atoms with E-state index in [1.54, 1.807) is 18.2 Å². The Balaban J connectivity index is 1.15. The van der Waals surface area contributed by atoms with Crippen LogP contribution in [0, 0.1) is 35.0 Å². The van der Waals surface area contributed by atoms with Crippen molar-refractivity contribution in [3.05, 3.63) is 29.0 Å². The number of nitrogens with two attached hydrogens (primary N) is 1. The topological polar surface area (TPSA) is 138 Å². The standard InChI is InChI=1S/C27H32ClFN2O7/c1-13(37-23(34)25-9-14-5-15(10-25)7-16(6-14)11-25)38-24(35)27(30)19(8-18-21(27)26(18,29)22(32)33)36-12-17-3-2-4-20(28)31-17/h2-4,13-16,18-19,21H,5-12,30H2,1H3,(H,32,33)/t13-,14?,15?,16?,18+,19+,21-,25?,26+,27-/m0/s1. The fraction of sp³-hybridized carbons (Fsp3) is 0.704. The molecular weight excluding hydrogens is 519 g/mol. The van der Waals surface area contributed by atoms with E-state index in [0.717, 1.165) is 38.5 Å². The van der Waals surface area contributed by atoms with E-state index in [1.807, 2.05) is 0 Å². The molecule has 0 unspecified atom stereocenters. The Labute approximate surface area is 224 Å². The van der Waals surface area contributed by atoms with Crippen molar-refractivity contribution in [3.8, 4) is 0 Å². The van der Waals surface area contributed by atoms with Crippen molar-refractivity contribution in [2.24, 2.45) is 40.7 Å². The first kappa shape index (κ1) is 26.0. The predicted molar refractivity (Wildman–Crippen MR) is 130 cm³/mol. The highest BCUT2D eigenvalue weighted by molar-refractivity contribution is 6.29. The molecule has 6 atom stereocenters. The molecule has 1 aromatic heterocycles. The summed E-state index contributed by atoms with van der Waals surface area (Å²) in [5.74, 6) is -3.83. The molecule has 0 amide bonds. The lowest BCUT2D eigenvalue weighted by Gasteiger charge is -2.55. The molecule has 206 valence electrons. The number of aromatic nitrogens is 1. The van der Waals surface area contributed by atoms with Gasteiger partial charge in [0.15, 0.2) is 0 Å². The van der Waals surface area contributed by atoms with Gasteiger partial charge >= 0.3 is 17.9 Å². The third-order valence-corrected chi connectivity index (χ3v) is 9.92. The number of hydrogen-bond donors (Lipinski definition) is 2. The first-order chi connectivity index (χ1) is 18.0. The van der Waals surface area contributed by atoms with Crippen LogP contribution in [-0.2, 0) is 35.2 Å². The molecule has 6 aliphatic carbocycles. The summed E-state index contributed by atoms with van der Waals surface area (Å²) >= 11 is 5.92. The predicted octanol–water partition coefficient (Wildman–Crippen LogP) is 3.41. The number of pyridine rings is 1. The monoisotopic (exact) mass is 550 g/mol. The number of ether oxygens (including phenoxy) is 3. The van der Waals surface area contributed by atoms with E-state index < -0.39 is 52.8 Å². The van der Waals surface area contributed by atoms with Gasteiger partial charge in [0.25, 0.3) is 0 Å².